The fourth-order valence-corrected chi connectivity index (χ4v) is 3.37. The number of carbonyl (C=O) groups excluding carboxylic acids is 4. The maximum atomic E-state index is 12.6. The van der Waals surface area contributed by atoms with Crippen molar-refractivity contribution in [3.63, 3.8) is 0 Å². The first-order chi connectivity index (χ1) is 16.3. The van der Waals surface area contributed by atoms with Gasteiger partial charge >= 0.3 is 5.97 Å². The summed E-state index contributed by atoms with van der Waals surface area (Å²) in [5.74, 6) is -1.65. The first kappa shape index (κ1) is 30.3. The van der Waals surface area contributed by atoms with E-state index in [9.17, 15) is 27.6 Å². The topological polar surface area (TPSA) is 157 Å². The van der Waals surface area contributed by atoms with Crippen molar-refractivity contribution in [1.82, 2.24) is 10.6 Å². The molecule has 0 radical (unpaired) electrons. The van der Waals surface area contributed by atoms with Crippen LogP contribution in [-0.4, -0.2) is 57.6 Å². The molecule has 13 heteroatoms. The van der Waals surface area contributed by atoms with E-state index in [1.165, 1.54) is 27.0 Å². The largest absolute Gasteiger partial charge is 0.469 e. The molecule has 0 unspecified atom stereocenters. The fraction of sp³-hybridized carbons (Fsp3) is 0.545. The molecule has 3 N–H and O–H groups in total. The van der Waals surface area contributed by atoms with Crippen LogP contribution in [0.25, 0.3) is 0 Å². The Bertz CT molecular complexity index is 1020. The van der Waals surface area contributed by atoms with Gasteiger partial charge in [0.05, 0.1) is 20.0 Å². The number of amides is 3. The Morgan fingerprint density at radius 2 is 1.54 bits per heavy atom. The lowest BCUT2D eigenvalue weighted by atomic mass is 10.1. The molecular formula is C22H32ClN3O8S. The van der Waals surface area contributed by atoms with Crippen LogP contribution in [0.15, 0.2) is 18.2 Å². The Labute approximate surface area is 210 Å². The van der Waals surface area contributed by atoms with E-state index in [0.29, 0.717) is 29.7 Å². The monoisotopic (exact) mass is 533 g/mol. The van der Waals surface area contributed by atoms with Crippen LogP contribution < -0.4 is 16.0 Å². The lowest BCUT2D eigenvalue weighted by Crippen LogP contribution is -2.50. The number of carbonyl (C=O) groups is 4. The first-order valence-corrected chi connectivity index (χ1v) is 13.2. The highest BCUT2D eigenvalue weighted by molar-refractivity contribution is 7.85. The lowest BCUT2D eigenvalue weighted by Gasteiger charge is -2.19. The number of alkyl halides is 1. The summed E-state index contributed by atoms with van der Waals surface area (Å²) in [7, 11) is -2.36. The summed E-state index contributed by atoms with van der Waals surface area (Å²) in [4.78, 5) is 48.0. The quantitative estimate of drug-likeness (QED) is 0.141. The summed E-state index contributed by atoms with van der Waals surface area (Å²) in [6.45, 7) is 2.75. The van der Waals surface area contributed by atoms with Gasteiger partial charge in [0.15, 0.2) is 0 Å². The number of unbranched alkanes of at least 4 members (excludes halogenated alkanes) is 1. The molecule has 0 saturated carbocycles. The maximum Gasteiger partial charge on any atom is 0.305 e. The first-order valence-electron chi connectivity index (χ1n) is 10.8. The van der Waals surface area contributed by atoms with E-state index in [2.05, 4.69) is 20.7 Å². The van der Waals surface area contributed by atoms with Crippen LogP contribution in [0.2, 0.25) is 0 Å². The molecule has 2 atom stereocenters. The van der Waals surface area contributed by atoms with E-state index in [1.807, 2.05) is 0 Å². The zero-order valence-corrected chi connectivity index (χ0v) is 21.8. The van der Waals surface area contributed by atoms with Gasteiger partial charge < -0.3 is 20.7 Å². The summed E-state index contributed by atoms with van der Waals surface area (Å²) >= 11 is 5.88. The minimum Gasteiger partial charge on any atom is -0.469 e. The number of hydrogen-bond donors (Lipinski definition) is 3. The number of ether oxygens (including phenoxy) is 1. The molecule has 0 fully saturated rings. The Kier molecular flexibility index (Phi) is 12.7. The number of benzene rings is 1. The molecule has 3 amide bonds. The Hall–Kier alpha value is -2.70. The van der Waals surface area contributed by atoms with Crippen molar-refractivity contribution in [2.24, 2.45) is 0 Å². The molecule has 0 heterocycles. The summed E-state index contributed by atoms with van der Waals surface area (Å²) in [5.41, 5.74) is 1.48. The third-order valence-electron chi connectivity index (χ3n) is 4.70. The van der Waals surface area contributed by atoms with Gasteiger partial charge in [0.1, 0.15) is 12.1 Å². The predicted octanol–water partition coefficient (Wildman–Crippen LogP) is 1.58. The zero-order chi connectivity index (χ0) is 26.6. The molecular weight excluding hydrogens is 502 g/mol. The molecule has 196 valence electrons. The molecule has 0 saturated heterocycles. The van der Waals surface area contributed by atoms with Gasteiger partial charge in [-0.25, -0.2) is 0 Å². The summed E-state index contributed by atoms with van der Waals surface area (Å²) in [5, 5.41) is 7.72. The maximum absolute atomic E-state index is 12.6. The minimum absolute atomic E-state index is 0.127. The second-order valence-electron chi connectivity index (χ2n) is 7.93. The molecule has 0 aliphatic rings. The van der Waals surface area contributed by atoms with Gasteiger partial charge in [-0.1, -0.05) is 6.07 Å². The number of anilines is 1. The lowest BCUT2D eigenvalue weighted by molar-refractivity contribution is -0.140. The summed E-state index contributed by atoms with van der Waals surface area (Å²) in [6.07, 6.45) is 2.25. The van der Waals surface area contributed by atoms with Crippen molar-refractivity contribution >= 4 is 51.1 Å². The van der Waals surface area contributed by atoms with Gasteiger partial charge in [-0.15, -0.1) is 11.6 Å². The molecule has 0 aliphatic carbocycles. The van der Waals surface area contributed by atoms with Crippen molar-refractivity contribution in [2.75, 3.05) is 18.7 Å². The molecule has 1 rings (SSSR count). The minimum atomic E-state index is -3.65. The van der Waals surface area contributed by atoms with Crippen molar-refractivity contribution in [3.8, 4) is 0 Å². The smallest absolute Gasteiger partial charge is 0.305 e. The third-order valence-corrected chi connectivity index (χ3v) is 5.55. The molecule has 0 aliphatic heterocycles. The average molecular weight is 534 g/mol. The second-order valence-corrected chi connectivity index (χ2v) is 9.84. The van der Waals surface area contributed by atoms with Gasteiger partial charge in [0.2, 0.25) is 17.7 Å². The fourth-order valence-electron chi connectivity index (χ4n) is 2.86. The molecule has 35 heavy (non-hydrogen) atoms. The predicted molar refractivity (Wildman–Crippen MR) is 130 cm³/mol. The number of rotatable bonds is 14. The van der Waals surface area contributed by atoms with Crippen molar-refractivity contribution < 1.29 is 36.5 Å². The Morgan fingerprint density at radius 3 is 2.14 bits per heavy atom. The standard InChI is InChI=1S/C22H32ClN3O8S/c1-14(24-19(27)7-5-6-8-20(28)33-3)21(29)25-15(2)22(30)26-18-10-16(12-23)9-17(11-18)13-34-35(4,31)32/h9-11,14-15H,5-8,12-13H2,1-4H3,(H,24,27)(H,25,29)(H,26,30)/t14-,15-/m0/s1. The Balaban J connectivity index is 2.60. The van der Waals surface area contributed by atoms with Gasteiger partial charge in [-0.05, 0) is 49.9 Å². The van der Waals surface area contributed by atoms with Crippen LogP contribution >= 0.6 is 11.6 Å². The SMILES string of the molecule is COC(=O)CCCCC(=O)N[C@@H](C)C(=O)N[C@@H](C)C(=O)Nc1cc(CCl)cc(COS(C)(=O)=O)c1. The van der Waals surface area contributed by atoms with Crippen LogP contribution in [0.5, 0.6) is 0 Å². The molecule has 0 bridgehead atoms. The number of nitrogens with one attached hydrogen (secondary N) is 3. The number of methoxy groups -OCH3 is 1. The van der Waals surface area contributed by atoms with E-state index in [-0.39, 0.29) is 37.2 Å². The van der Waals surface area contributed by atoms with E-state index in [0.717, 1.165) is 6.26 Å². The van der Waals surface area contributed by atoms with Crippen molar-refractivity contribution in [2.45, 2.75) is 64.1 Å². The zero-order valence-electron chi connectivity index (χ0n) is 20.2. The molecule has 1 aromatic rings. The van der Waals surface area contributed by atoms with Gasteiger partial charge in [0.25, 0.3) is 10.1 Å². The van der Waals surface area contributed by atoms with Gasteiger partial charge in [-0.2, -0.15) is 8.42 Å². The van der Waals surface area contributed by atoms with Crippen LogP contribution in [0.3, 0.4) is 0 Å². The van der Waals surface area contributed by atoms with E-state index in [1.54, 1.807) is 12.1 Å². The van der Waals surface area contributed by atoms with E-state index in [4.69, 9.17) is 15.8 Å². The highest BCUT2D eigenvalue weighted by Gasteiger charge is 2.21. The van der Waals surface area contributed by atoms with Crippen molar-refractivity contribution in [3.05, 3.63) is 29.3 Å². The van der Waals surface area contributed by atoms with Crippen molar-refractivity contribution in [1.29, 1.82) is 0 Å². The van der Waals surface area contributed by atoms with Crippen LogP contribution in [0, 0.1) is 0 Å². The van der Waals surface area contributed by atoms with Crippen LogP contribution in [0.4, 0.5) is 5.69 Å². The molecule has 1 aromatic carbocycles. The number of halogens is 1. The van der Waals surface area contributed by atoms with Crippen LogP contribution in [-0.2, 0) is 50.7 Å². The van der Waals surface area contributed by atoms with E-state index >= 15 is 0 Å². The molecule has 0 aromatic heterocycles. The highest BCUT2D eigenvalue weighted by atomic mass is 35.5. The average Bonchev–Trinajstić information content (AvgIpc) is 2.79. The number of esters is 1. The Morgan fingerprint density at radius 1 is 0.943 bits per heavy atom. The van der Waals surface area contributed by atoms with Gasteiger partial charge in [0, 0.05) is 24.4 Å². The van der Waals surface area contributed by atoms with E-state index < -0.39 is 34.0 Å². The number of hydrogen-bond acceptors (Lipinski definition) is 8. The van der Waals surface area contributed by atoms with Crippen LogP contribution in [0.1, 0.15) is 50.7 Å². The normalized spacial score (nSPS) is 12.8. The molecule has 11 nitrogen and oxygen atoms in total. The highest BCUT2D eigenvalue weighted by Crippen LogP contribution is 2.18. The van der Waals surface area contributed by atoms with Gasteiger partial charge in [-0.3, -0.25) is 23.4 Å². The third kappa shape index (κ3) is 12.5. The summed E-state index contributed by atoms with van der Waals surface area (Å²) in [6, 6.07) is 3.00. The molecule has 0 spiro atoms. The second kappa shape index (κ2) is 14.6. The summed E-state index contributed by atoms with van der Waals surface area (Å²) < 4.78 is 31.8.